The van der Waals surface area contributed by atoms with Gasteiger partial charge in [-0.3, -0.25) is 9.10 Å². The largest absolute Gasteiger partial charge is 0.279 e. The lowest BCUT2D eigenvalue weighted by Gasteiger charge is -2.13. The SMILES string of the molecule is O=C1C(Cl)C(Cl)SN1Cc1ccccc1. The zero-order valence-corrected chi connectivity index (χ0v) is 10.1. The smallest absolute Gasteiger partial charge is 0.253 e. The van der Waals surface area contributed by atoms with E-state index < -0.39 is 5.38 Å². The number of rotatable bonds is 2. The van der Waals surface area contributed by atoms with Crippen LogP contribution >= 0.6 is 35.1 Å². The van der Waals surface area contributed by atoms with E-state index in [1.165, 1.54) is 11.9 Å². The first kappa shape index (κ1) is 11.1. The topological polar surface area (TPSA) is 20.3 Å². The fourth-order valence-corrected chi connectivity index (χ4v) is 2.96. The van der Waals surface area contributed by atoms with Crippen molar-refractivity contribution >= 4 is 41.1 Å². The molecule has 1 fully saturated rings. The van der Waals surface area contributed by atoms with Gasteiger partial charge in [-0.15, -0.1) is 23.2 Å². The van der Waals surface area contributed by atoms with Gasteiger partial charge in [0.2, 0.25) is 0 Å². The Morgan fingerprint density at radius 2 is 1.93 bits per heavy atom. The average molecular weight is 262 g/mol. The highest BCUT2D eigenvalue weighted by Crippen LogP contribution is 2.36. The molecule has 2 rings (SSSR count). The van der Waals surface area contributed by atoms with Crippen LogP contribution in [0.5, 0.6) is 0 Å². The maximum atomic E-state index is 11.6. The van der Waals surface area contributed by atoms with Gasteiger partial charge in [0, 0.05) is 0 Å². The molecule has 5 heteroatoms. The molecule has 0 bridgehead atoms. The molecule has 1 heterocycles. The molecule has 0 radical (unpaired) electrons. The van der Waals surface area contributed by atoms with Crippen LogP contribution in [0.2, 0.25) is 0 Å². The number of benzene rings is 1. The Labute approximate surface area is 103 Å². The standard InChI is InChI=1S/C10H9Cl2NOS/c11-8-9(12)15-13(10(8)14)6-7-4-2-1-3-5-7/h1-5,8-9H,6H2. The van der Waals surface area contributed by atoms with E-state index in [4.69, 9.17) is 23.2 Å². The maximum absolute atomic E-state index is 11.6. The Balaban J connectivity index is 2.05. The number of halogens is 2. The van der Waals surface area contributed by atoms with Crippen LogP contribution in [0.25, 0.3) is 0 Å². The lowest BCUT2D eigenvalue weighted by atomic mass is 10.2. The van der Waals surface area contributed by atoms with Crippen molar-refractivity contribution in [1.82, 2.24) is 4.31 Å². The molecule has 2 nitrogen and oxygen atoms in total. The van der Waals surface area contributed by atoms with Gasteiger partial charge < -0.3 is 0 Å². The highest BCUT2D eigenvalue weighted by Gasteiger charge is 2.39. The van der Waals surface area contributed by atoms with E-state index in [0.29, 0.717) is 6.54 Å². The van der Waals surface area contributed by atoms with Crippen molar-refractivity contribution in [3.8, 4) is 0 Å². The lowest BCUT2D eigenvalue weighted by molar-refractivity contribution is -0.124. The van der Waals surface area contributed by atoms with E-state index in [1.807, 2.05) is 30.3 Å². The predicted octanol–water partition coefficient (Wildman–Crippen LogP) is 2.85. The molecule has 0 aliphatic carbocycles. The molecule has 1 aromatic rings. The van der Waals surface area contributed by atoms with Crippen molar-refractivity contribution in [2.24, 2.45) is 0 Å². The molecule has 0 aromatic heterocycles. The Hall–Kier alpha value is -0.380. The first-order valence-electron chi connectivity index (χ1n) is 4.48. The van der Waals surface area contributed by atoms with Gasteiger partial charge in [-0.1, -0.05) is 30.3 Å². The second-order valence-electron chi connectivity index (χ2n) is 3.22. The number of alkyl halides is 2. The molecule has 0 saturated carbocycles. The van der Waals surface area contributed by atoms with Crippen LogP contribution in [0.3, 0.4) is 0 Å². The fraction of sp³-hybridized carbons (Fsp3) is 0.300. The van der Waals surface area contributed by atoms with Crippen LogP contribution in [0, 0.1) is 0 Å². The fourth-order valence-electron chi connectivity index (χ4n) is 1.34. The molecule has 1 aliphatic heterocycles. The van der Waals surface area contributed by atoms with Crippen molar-refractivity contribution in [2.75, 3.05) is 0 Å². The number of hydrogen-bond acceptors (Lipinski definition) is 2. The maximum Gasteiger partial charge on any atom is 0.253 e. The third-order valence-electron chi connectivity index (χ3n) is 2.11. The van der Waals surface area contributed by atoms with Gasteiger partial charge in [0.1, 0.15) is 10.1 Å². The highest BCUT2D eigenvalue weighted by atomic mass is 35.5. The van der Waals surface area contributed by atoms with Crippen LogP contribution < -0.4 is 0 Å². The summed E-state index contributed by atoms with van der Waals surface area (Å²) < 4.78 is 1.26. The van der Waals surface area contributed by atoms with Gasteiger partial charge in [-0.05, 0) is 17.5 Å². The molecule has 0 N–H and O–H groups in total. The van der Waals surface area contributed by atoms with E-state index in [-0.39, 0.29) is 10.6 Å². The summed E-state index contributed by atoms with van der Waals surface area (Å²) in [5, 5.41) is -0.611. The molecule has 80 valence electrons. The summed E-state index contributed by atoms with van der Waals surface area (Å²) >= 11 is 13.0. The minimum Gasteiger partial charge on any atom is -0.279 e. The molecule has 15 heavy (non-hydrogen) atoms. The van der Waals surface area contributed by atoms with Crippen LogP contribution in [0.4, 0.5) is 0 Å². The minimum absolute atomic E-state index is 0.106. The second kappa shape index (κ2) is 4.64. The zero-order valence-electron chi connectivity index (χ0n) is 7.77. The molecule has 2 atom stereocenters. The summed E-state index contributed by atoms with van der Waals surface area (Å²) in [7, 11) is 0. The molecule has 1 saturated heterocycles. The van der Waals surface area contributed by atoms with E-state index in [9.17, 15) is 4.79 Å². The van der Waals surface area contributed by atoms with Crippen molar-refractivity contribution in [3.05, 3.63) is 35.9 Å². The molecule has 1 aromatic carbocycles. The third kappa shape index (κ3) is 2.41. The van der Waals surface area contributed by atoms with Crippen molar-refractivity contribution in [3.63, 3.8) is 0 Å². The normalized spacial score (nSPS) is 26.0. The van der Waals surface area contributed by atoms with Crippen LogP contribution in [-0.2, 0) is 11.3 Å². The second-order valence-corrected chi connectivity index (χ2v) is 5.58. The summed E-state index contributed by atoms with van der Waals surface area (Å²) in [6.45, 7) is 0.552. The van der Waals surface area contributed by atoms with Gasteiger partial charge >= 0.3 is 0 Å². The summed E-state index contributed by atoms with van der Waals surface area (Å²) in [5.41, 5.74) is 1.08. The van der Waals surface area contributed by atoms with Gasteiger partial charge in [0.15, 0.2) is 0 Å². The number of carbonyl (C=O) groups excluding carboxylic acids is 1. The summed E-state index contributed by atoms with van der Waals surface area (Å²) in [6.07, 6.45) is 0. The molecule has 1 amide bonds. The summed E-state index contributed by atoms with van der Waals surface area (Å²) in [6, 6.07) is 9.77. The first-order chi connectivity index (χ1) is 7.18. The highest BCUT2D eigenvalue weighted by molar-refractivity contribution is 8.00. The van der Waals surface area contributed by atoms with Crippen molar-refractivity contribution in [1.29, 1.82) is 0 Å². The molecule has 1 aliphatic rings. The Kier molecular flexibility index (Phi) is 3.44. The minimum atomic E-state index is -0.611. The molecule has 0 spiro atoms. The molecular formula is C10H9Cl2NOS. The lowest BCUT2D eigenvalue weighted by Crippen LogP contribution is -2.24. The predicted molar refractivity (Wildman–Crippen MR) is 63.9 cm³/mol. The van der Waals surface area contributed by atoms with Crippen molar-refractivity contribution < 1.29 is 4.79 Å². The third-order valence-corrected chi connectivity index (χ3v) is 4.35. The number of hydrogen-bond donors (Lipinski definition) is 0. The summed E-state index contributed by atoms with van der Waals surface area (Å²) in [5.74, 6) is -0.106. The van der Waals surface area contributed by atoms with Crippen LogP contribution in [0.1, 0.15) is 5.56 Å². The van der Waals surface area contributed by atoms with E-state index in [2.05, 4.69) is 0 Å². The van der Waals surface area contributed by atoms with Gasteiger partial charge in [-0.25, -0.2) is 0 Å². The Morgan fingerprint density at radius 1 is 1.27 bits per heavy atom. The average Bonchev–Trinajstić information content (AvgIpc) is 2.48. The monoisotopic (exact) mass is 261 g/mol. The van der Waals surface area contributed by atoms with Gasteiger partial charge in [0.05, 0.1) is 6.54 Å². The first-order valence-corrected chi connectivity index (χ1v) is 6.19. The Bertz CT molecular complexity index is 360. The number of amides is 1. The van der Waals surface area contributed by atoms with Crippen LogP contribution in [-0.4, -0.2) is 20.3 Å². The van der Waals surface area contributed by atoms with Crippen LogP contribution in [0.15, 0.2) is 30.3 Å². The molecule has 2 unspecified atom stereocenters. The quantitative estimate of drug-likeness (QED) is 0.603. The molecular weight excluding hydrogens is 253 g/mol. The van der Waals surface area contributed by atoms with Crippen molar-refractivity contribution in [2.45, 2.75) is 16.6 Å². The summed E-state index contributed by atoms with van der Waals surface area (Å²) in [4.78, 5) is 11.6. The number of nitrogens with zero attached hydrogens (tertiary/aromatic N) is 1. The van der Waals surface area contributed by atoms with Gasteiger partial charge in [0.25, 0.3) is 5.91 Å². The van der Waals surface area contributed by atoms with Gasteiger partial charge in [-0.2, -0.15) is 0 Å². The Morgan fingerprint density at radius 3 is 2.47 bits per heavy atom. The zero-order chi connectivity index (χ0) is 10.8. The number of carbonyl (C=O) groups is 1. The van der Waals surface area contributed by atoms with E-state index >= 15 is 0 Å². The van der Waals surface area contributed by atoms with E-state index in [1.54, 1.807) is 4.31 Å². The van der Waals surface area contributed by atoms with E-state index in [0.717, 1.165) is 5.56 Å².